The number of fused-ring (bicyclic) bond motifs is 1. The van der Waals surface area contributed by atoms with Crippen LogP contribution in [0.4, 0.5) is 19.1 Å². The van der Waals surface area contributed by atoms with Gasteiger partial charge in [-0.3, -0.25) is 9.20 Å². The topological polar surface area (TPSA) is 83.1 Å². The fraction of sp³-hybridized carbons (Fsp3) is 0.125. The van der Waals surface area contributed by atoms with Crippen LogP contribution in [0.1, 0.15) is 11.3 Å². The number of rotatable bonds is 2. The van der Waals surface area contributed by atoms with E-state index >= 15 is 0 Å². The van der Waals surface area contributed by atoms with Crippen molar-refractivity contribution in [2.75, 3.05) is 12.4 Å². The molecule has 9 heteroatoms. The lowest BCUT2D eigenvalue weighted by Gasteiger charge is -2.13. The monoisotopic (exact) mass is 345 g/mol. The second kappa shape index (κ2) is 5.90. The van der Waals surface area contributed by atoms with Crippen LogP contribution in [-0.4, -0.2) is 21.4 Å². The Hall–Kier alpha value is -3.41. The Morgan fingerprint density at radius 3 is 2.64 bits per heavy atom. The van der Waals surface area contributed by atoms with E-state index < -0.39 is 17.4 Å². The maximum atomic E-state index is 13.0. The molecule has 0 saturated carbocycles. The standard InChI is InChI=1S/C16H10F3N5O/c1-21-15-23-14(25)12(10-4-2-3-9(7-10)8-20)13-22-11(16(17,18)19)5-6-24(13)15/h2-7H,1H3,(H,21,23,25). The van der Waals surface area contributed by atoms with Gasteiger partial charge in [-0.15, -0.1) is 0 Å². The zero-order valence-corrected chi connectivity index (χ0v) is 12.8. The maximum Gasteiger partial charge on any atom is 0.433 e. The fourth-order valence-electron chi connectivity index (χ4n) is 2.40. The normalized spacial score (nSPS) is 11.3. The molecule has 0 aliphatic heterocycles. The van der Waals surface area contributed by atoms with Crippen molar-refractivity contribution in [3.05, 3.63) is 58.1 Å². The fourth-order valence-corrected chi connectivity index (χ4v) is 2.40. The molecule has 0 aliphatic rings. The van der Waals surface area contributed by atoms with E-state index in [-0.39, 0.29) is 28.3 Å². The predicted molar refractivity (Wildman–Crippen MR) is 84.0 cm³/mol. The van der Waals surface area contributed by atoms with E-state index in [1.165, 1.54) is 35.7 Å². The van der Waals surface area contributed by atoms with Crippen molar-refractivity contribution in [1.29, 1.82) is 5.26 Å². The second-order valence-electron chi connectivity index (χ2n) is 5.06. The van der Waals surface area contributed by atoms with Gasteiger partial charge in [0.25, 0.3) is 5.56 Å². The van der Waals surface area contributed by atoms with Crippen molar-refractivity contribution >= 4 is 11.6 Å². The molecule has 6 nitrogen and oxygen atoms in total. The Morgan fingerprint density at radius 1 is 1.24 bits per heavy atom. The minimum Gasteiger partial charge on any atom is -0.358 e. The van der Waals surface area contributed by atoms with Crippen molar-refractivity contribution in [3.63, 3.8) is 0 Å². The minimum atomic E-state index is -4.66. The third kappa shape index (κ3) is 2.89. The SMILES string of the molecule is CNc1nc(=O)c(-c2cccc(C#N)c2)c2nc(C(F)(F)F)ccn12. The highest BCUT2D eigenvalue weighted by Gasteiger charge is 2.33. The highest BCUT2D eigenvalue weighted by molar-refractivity contribution is 5.78. The van der Waals surface area contributed by atoms with Crippen molar-refractivity contribution in [2.45, 2.75) is 6.18 Å². The number of alkyl halides is 3. The maximum absolute atomic E-state index is 13.0. The van der Waals surface area contributed by atoms with E-state index in [2.05, 4.69) is 15.3 Å². The van der Waals surface area contributed by atoms with Gasteiger partial charge in [0.15, 0.2) is 5.65 Å². The average Bonchev–Trinajstić information content (AvgIpc) is 2.59. The number of benzene rings is 1. The molecule has 1 aromatic carbocycles. The molecule has 3 rings (SSSR count). The molecular weight excluding hydrogens is 335 g/mol. The van der Waals surface area contributed by atoms with E-state index in [9.17, 15) is 18.0 Å². The molecule has 3 aromatic rings. The van der Waals surface area contributed by atoms with Crippen LogP contribution in [0.15, 0.2) is 41.3 Å². The van der Waals surface area contributed by atoms with Crippen molar-refractivity contribution in [2.24, 2.45) is 0 Å². The van der Waals surface area contributed by atoms with E-state index in [0.29, 0.717) is 0 Å². The second-order valence-corrected chi connectivity index (χ2v) is 5.06. The Morgan fingerprint density at radius 2 is 2.00 bits per heavy atom. The Labute approximate surface area is 139 Å². The highest BCUT2D eigenvalue weighted by atomic mass is 19.4. The number of nitrogens with one attached hydrogen (secondary N) is 1. The Kier molecular flexibility index (Phi) is 3.88. The first-order valence-electron chi connectivity index (χ1n) is 7.04. The van der Waals surface area contributed by atoms with Crippen molar-refractivity contribution < 1.29 is 13.2 Å². The summed E-state index contributed by atoms with van der Waals surface area (Å²) < 4.78 is 40.3. The molecule has 2 aromatic heterocycles. The van der Waals surface area contributed by atoms with Gasteiger partial charge in [0.05, 0.1) is 17.2 Å². The number of nitriles is 1. The van der Waals surface area contributed by atoms with Crippen LogP contribution in [0.3, 0.4) is 0 Å². The van der Waals surface area contributed by atoms with E-state index in [1.54, 1.807) is 0 Å². The van der Waals surface area contributed by atoms with Gasteiger partial charge in [0.2, 0.25) is 5.95 Å². The van der Waals surface area contributed by atoms with Gasteiger partial charge in [-0.05, 0) is 23.8 Å². The zero-order chi connectivity index (χ0) is 18.2. The molecule has 0 radical (unpaired) electrons. The van der Waals surface area contributed by atoms with Gasteiger partial charge in [-0.25, -0.2) is 4.98 Å². The van der Waals surface area contributed by atoms with Gasteiger partial charge in [0.1, 0.15) is 5.69 Å². The number of aromatic nitrogens is 3. The molecule has 0 atom stereocenters. The summed E-state index contributed by atoms with van der Waals surface area (Å²) in [6.45, 7) is 0. The van der Waals surface area contributed by atoms with E-state index in [0.717, 1.165) is 12.3 Å². The molecule has 25 heavy (non-hydrogen) atoms. The number of halogens is 3. The van der Waals surface area contributed by atoms with Crippen LogP contribution >= 0.6 is 0 Å². The quantitative estimate of drug-likeness (QED) is 0.772. The van der Waals surface area contributed by atoms with Crippen LogP contribution in [0.2, 0.25) is 0 Å². The number of hydrogen-bond donors (Lipinski definition) is 1. The number of nitrogens with zero attached hydrogens (tertiary/aromatic N) is 4. The Bertz CT molecular complexity index is 1070. The van der Waals surface area contributed by atoms with Crippen LogP contribution in [-0.2, 0) is 6.18 Å². The zero-order valence-electron chi connectivity index (χ0n) is 12.8. The van der Waals surface area contributed by atoms with Crippen LogP contribution in [0.5, 0.6) is 0 Å². The molecule has 0 amide bonds. The number of hydrogen-bond acceptors (Lipinski definition) is 5. The molecule has 0 spiro atoms. The first-order chi connectivity index (χ1) is 11.8. The molecule has 126 valence electrons. The molecular formula is C16H10F3N5O. The van der Waals surface area contributed by atoms with Gasteiger partial charge in [-0.2, -0.15) is 23.4 Å². The predicted octanol–water partition coefficient (Wildman–Crippen LogP) is 2.69. The summed E-state index contributed by atoms with van der Waals surface area (Å²) in [7, 11) is 1.49. The molecule has 0 bridgehead atoms. The summed E-state index contributed by atoms with van der Waals surface area (Å²) in [5, 5.41) is 11.6. The molecule has 0 unspecified atom stereocenters. The van der Waals surface area contributed by atoms with Crippen LogP contribution in [0, 0.1) is 11.3 Å². The number of anilines is 1. The third-order valence-corrected chi connectivity index (χ3v) is 3.50. The first-order valence-corrected chi connectivity index (χ1v) is 7.04. The Balaban J connectivity index is 2.43. The van der Waals surface area contributed by atoms with Gasteiger partial charge in [-0.1, -0.05) is 12.1 Å². The lowest BCUT2D eigenvalue weighted by atomic mass is 10.1. The minimum absolute atomic E-state index is 0.0569. The summed E-state index contributed by atoms with van der Waals surface area (Å²) in [5.41, 5.74) is -1.65. The van der Waals surface area contributed by atoms with Gasteiger partial charge < -0.3 is 5.32 Å². The summed E-state index contributed by atoms with van der Waals surface area (Å²) in [6.07, 6.45) is -3.52. The van der Waals surface area contributed by atoms with Crippen molar-refractivity contribution in [3.8, 4) is 17.2 Å². The lowest BCUT2D eigenvalue weighted by molar-refractivity contribution is -0.141. The first kappa shape index (κ1) is 16.4. The molecule has 2 heterocycles. The van der Waals surface area contributed by atoms with E-state index in [1.807, 2.05) is 6.07 Å². The van der Waals surface area contributed by atoms with Crippen molar-refractivity contribution in [1.82, 2.24) is 14.4 Å². The summed E-state index contributed by atoms with van der Waals surface area (Å²) in [6, 6.07) is 8.69. The van der Waals surface area contributed by atoms with Gasteiger partial charge in [0, 0.05) is 13.2 Å². The largest absolute Gasteiger partial charge is 0.433 e. The molecule has 0 saturated heterocycles. The summed E-state index contributed by atoms with van der Waals surface area (Å²) >= 11 is 0. The molecule has 0 fully saturated rings. The molecule has 0 aliphatic carbocycles. The van der Waals surface area contributed by atoms with Crippen LogP contribution in [0.25, 0.3) is 16.8 Å². The summed E-state index contributed by atoms with van der Waals surface area (Å²) in [5.74, 6) is 0.0569. The summed E-state index contributed by atoms with van der Waals surface area (Å²) in [4.78, 5) is 19.9. The van der Waals surface area contributed by atoms with E-state index in [4.69, 9.17) is 5.26 Å². The van der Waals surface area contributed by atoms with Crippen LogP contribution < -0.4 is 10.9 Å². The average molecular weight is 345 g/mol. The smallest absolute Gasteiger partial charge is 0.358 e. The lowest BCUT2D eigenvalue weighted by Crippen LogP contribution is -2.19. The van der Waals surface area contributed by atoms with Gasteiger partial charge >= 0.3 is 6.18 Å². The third-order valence-electron chi connectivity index (χ3n) is 3.50. The highest BCUT2D eigenvalue weighted by Crippen LogP contribution is 2.30. The molecule has 1 N–H and O–H groups in total.